The van der Waals surface area contributed by atoms with E-state index in [-0.39, 0.29) is 0 Å². The van der Waals surface area contributed by atoms with Crippen LogP contribution in [0.2, 0.25) is 0 Å². The molecule has 1 N–H and O–H groups in total. The van der Waals surface area contributed by atoms with E-state index in [1.54, 1.807) is 0 Å². The Balaban J connectivity index is 0.000000325. The molecule has 94 valence electrons. The number of hydrogen-bond acceptors (Lipinski definition) is 1. The molecule has 0 spiro atoms. The Morgan fingerprint density at radius 1 is 1.31 bits per heavy atom. The lowest BCUT2D eigenvalue weighted by atomic mass is 9.87. The molecule has 16 heavy (non-hydrogen) atoms. The molecule has 0 aromatic heterocycles. The van der Waals surface area contributed by atoms with Crippen LogP contribution in [0.15, 0.2) is 12.2 Å². The lowest BCUT2D eigenvalue weighted by molar-refractivity contribution is -0.137. The van der Waals surface area contributed by atoms with Gasteiger partial charge >= 0.3 is 5.97 Å². The molecule has 1 fully saturated rings. The number of carboxylic acid groups (broad SMARTS) is 1. The van der Waals surface area contributed by atoms with Crippen LogP contribution in [-0.2, 0) is 4.79 Å². The zero-order valence-electron chi connectivity index (χ0n) is 10.7. The number of allylic oxidation sites excluding steroid dienone is 2. The number of rotatable bonds is 4. The van der Waals surface area contributed by atoms with Crippen LogP contribution in [0.4, 0.5) is 0 Å². The van der Waals surface area contributed by atoms with E-state index in [2.05, 4.69) is 19.1 Å². The summed E-state index contributed by atoms with van der Waals surface area (Å²) in [5, 5.41) is 7.91. The predicted octanol–water partition coefficient (Wildman–Crippen LogP) is 4.40. The van der Waals surface area contributed by atoms with Crippen molar-refractivity contribution in [3.05, 3.63) is 12.2 Å². The van der Waals surface area contributed by atoms with Gasteiger partial charge in [-0.3, -0.25) is 4.79 Å². The predicted molar refractivity (Wildman–Crippen MR) is 68.5 cm³/mol. The highest BCUT2D eigenvalue weighted by Crippen LogP contribution is 2.26. The van der Waals surface area contributed by atoms with Gasteiger partial charge in [0.05, 0.1) is 0 Å². The van der Waals surface area contributed by atoms with Crippen molar-refractivity contribution < 1.29 is 9.90 Å². The minimum Gasteiger partial charge on any atom is -0.481 e. The summed E-state index contributed by atoms with van der Waals surface area (Å²) in [6.07, 6.45) is 14.2. The monoisotopic (exact) mass is 226 g/mol. The molecule has 0 heterocycles. The zero-order valence-corrected chi connectivity index (χ0v) is 10.7. The van der Waals surface area contributed by atoms with Crippen LogP contribution in [-0.4, -0.2) is 11.1 Å². The van der Waals surface area contributed by atoms with Crippen molar-refractivity contribution in [3.8, 4) is 0 Å². The summed E-state index contributed by atoms with van der Waals surface area (Å²) in [6, 6.07) is 0. The van der Waals surface area contributed by atoms with E-state index in [1.165, 1.54) is 38.5 Å². The summed E-state index contributed by atoms with van der Waals surface area (Å²) in [5.41, 5.74) is 0. The quantitative estimate of drug-likeness (QED) is 0.721. The van der Waals surface area contributed by atoms with Crippen LogP contribution >= 0.6 is 0 Å². The van der Waals surface area contributed by atoms with Crippen molar-refractivity contribution in [2.45, 2.75) is 65.2 Å². The van der Waals surface area contributed by atoms with Crippen LogP contribution in [0.5, 0.6) is 0 Å². The topological polar surface area (TPSA) is 37.3 Å². The Morgan fingerprint density at radius 2 is 1.94 bits per heavy atom. The maximum Gasteiger partial charge on any atom is 0.303 e. The highest BCUT2D eigenvalue weighted by molar-refractivity contribution is 5.66. The fourth-order valence-electron chi connectivity index (χ4n) is 1.97. The number of carbonyl (C=O) groups is 1. The second-order valence-electron chi connectivity index (χ2n) is 4.45. The minimum absolute atomic E-state index is 0.292. The van der Waals surface area contributed by atoms with Crippen molar-refractivity contribution in [1.29, 1.82) is 0 Å². The summed E-state index contributed by atoms with van der Waals surface area (Å²) >= 11 is 0. The largest absolute Gasteiger partial charge is 0.481 e. The molecule has 2 nitrogen and oxygen atoms in total. The van der Waals surface area contributed by atoms with Crippen LogP contribution in [0.1, 0.15) is 65.2 Å². The second kappa shape index (κ2) is 10.7. The fourth-order valence-corrected chi connectivity index (χ4v) is 1.97. The van der Waals surface area contributed by atoms with Gasteiger partial charge in [-0.2, -0.15) is 0 Å². The molecule has 0 atom stereocenters. The van der Waals surface area contributed by atoms with E-state index < -0.39 is 5.97 Å². The molecule has 2 heteroatoms. The molecule has 0 aromatic carbocycles. The van der Waals surface area contributed by atoms with Gasteiger partial charge in [-0.05, 0) is 25.7 Å². The van der Waals surface area contributed by atoms with Crippen LogP contribution in [0, 0.1) is 5.92 Å². The van der Waals surface area contributed by atoms with Crippen LogP contribution < -0.4 is 0 Å². The molecular weight excluding hydrogens is 200 g/mol. The van der Waals surface area contributed by atoms with Crippen molar-refractivity contribution in [3.63, 3.8) is 0 Å². The van der Waals surface area contributed by atoms with Crippen LogP contribution in [0.3, 0.4) is 0 Å². The van der Waals surface area contributed by atoms with Crippen molar-refractivity contribution in [1.82, 2.24) is 0 Å². The highest BCUT2D eigenvalue weighted by atomic mass is 16.4. The molecule has 0 aliphatic heterocycles. The Hall–Kier alpha value is -0.790. The molecule has 1 aliphatic carbocycles. The molecule has 1 saturated carbocycles. The van der Waals surface area contributed by atoms with Gasteiger partial charge in [0, 0.05) is 6.42 Å². The smallest absolute Gasteiger partial charge is 0.303 e. The summed E-state index contributed by atoms with van der Waals surface area (Å²) in [5.74, 6) is 0.308. The Morgan fingerprint density at radius 3 is 2.31 bits per heavy atom. The summed E-state index contributed by atoms with van der Waals surface area (Å²) in [4.78, 5) is 9.60. The SMILES string of the molecule is CC=CCC1CCCCC1.CCCC(=O)O. The number of carboxylic acids is 1. The van der Waals surface area contributed by atoms with Gasteiger partial charge < -0.3 is 5.11 Å². The molecule has 0 amide bonds. The summed E-state index contributed by atoms with van der Waals surface area (Å²) in [7, 11) is 0. The third kappa shape index (κ3) is 9.75. The first kappa shape index (κ1) is 15.2. The summed E-state index contributed by atoms with van der Waals surface area (Å²) in [6.45, 7) is 3.96. The van der Waals surface area contributed by atoms with Gasteiger partial charge in [0.25, 0.3) is 0 Å². The van der Waals surface area contributed by atoms with Gasteiger partial charge in [-0.1, -0.05) is 51.2 Å². The molecule has 1 aliphatic rings. The summed E-state index contributed by atoms with van der Waals surface area (Å²) < 4.78 is 0. The number of aliphatic carboxylic acids is 1. The maximum atomic E-state index is 9.60. The van der Waals surface area contributed by atoms with Gasteiger partial charge in [0.2, 0.25) is 0 Å². The number of hydrogen-bond donors (Lipinski definition) is 1. The van der Waals surface area contributed by atoms with Crippen molar-refractivity contribution >= 4 is 5.97 Å². The van der Waals surface area contributed by atoms with Crippen LogP contribution in [0.25, 0.3) is 0 Å². The molecule has 0 aromatic rings. The first-order chi connectivity index (χ1) is 7.70. The van der Waals surface area contributed by atoms with Gasteiger partial charge in [-0.25, -0.2) is 0 Å². The van der Waals surface area contributed by atoms with E-state index >= 15 is 0 Å². The Kier molecular flexibility index (Phi) is 10.2. The third-order valence-corrected chi connectivity index (χ3v) is 2.89. The minimum atomic E-state index is -0.711. The second-order valence-corrected chi connectivity index (χ2v) is 4.45. The molecular formula is C14H26O2. The standard InChI is InChI=1S/C10H18.C4H8O2/c1-2-3-7-10-8-5-4-6-9-10;1-2-3-4(5)6/h2-3,10H,4-9H2,1H3;2-3H2,1H3,(H,5,6). The zero-order chi connectivity index (χ0) is 12.2. The lowest BCUT2D eigenvalue weighted by Crippen LogP contribution is -2.04. The maximum absolute atomic E-state index is 9.60. The highest BCUT2D eigenvalue weighted by Gasteiger charge is 2.10. The van der Waals surface area contributed by atoms with Gasteiger partial charge in [0.1, 0.15) is 0 Å². The van der Waals surface area contributed by atoms with Crippen molar-refractivity contribution in [2.75, 3.05) is 0 Å². The Labute approximate surface area is 99.7 Å². The molecule has 0 bridgehead atoms. The average Bonchev–Trinajstić information content (AvgIpc) is 2.28. The van der Waals surface area contributed by atoms with E-state index in [1.807, 2.05) is 6.92 Å². The van der Waals surface area contributed by atoms with E-state index in [0.29, 0.717) is 6.42 Å². The molecule has 0 radical (unpaired) electrons. The fraction of sp³-hybridized carbons (Fsp3) is 0.786. The first-order valence-electron chi connectivity index (χ1n) is 6.53. The van der Waals surface area contributed by atoms with E-state index in [0.717, 1.165) is 12.3 Å². The molecule has 0 saturated heterocycles. The van der Waals surface area contributed by atoms with E-state index in [4.69, 9.17) is 5.11 Å². The lowest BCUT2D eigenvalue weighted by Gasteiger charge is -2.19. The van der Waals surface area contributed by atoms with Gasteiger partial charge in [0.15, 0.2) is 0 Å². The molecule has 0 unspecified atom stereocenters. The third-order valence-electron chi connectivity index (χ3n) is 2.89. The van der Waals surface area contributed by atoms with Gasteiger partial charge in [-0.15, -0.1) is 0 Å². The Bertz CT molecular complexity index is 191. The molecule has 1 rings (SSSR count). The van der Waals surface area contributed by atoms with E-state index in [9.17, 15) is 4.79 Å². The average molecular weight is 226 g/mol. The van der Waals surface area contributed by atoms with Crippen molar-refractivity contribution in [2.24, 2.45) is 5.92 Å². The first-order valence-corrected chi connectivity index (χ1v) is 6.53. The normalized spacial score (nSPS) is 16.9.